The number of benzene rings is 1. The van der Waals surface area contributed by atoms with Gasteiger partial charge in [-0.15, -0.1) is 0 Å². The number of rotatable bonds is 6. The van der Waals surface area contributed by atoms with Gasteiger partial charge in [-0.2, -0.15) is 5.10 Å². The minimum absolute atomic E-state index is 0.240. The molecule has 1 heterocycles. The van der Waals surface area contributed by atoms with Gasteiger partial charge in [0.1, 0.15) is 12.2 Å². The van der Waals surface area contributed by atoms with Gasteiger partial charge in [-0.25, -0.2) is 4.98 Å². The lowest BCUT2D eigenvalue weighted by Crippen LogP contribution is -2.25. The van der Waals surface area contributed by atoms with Crippen LogP contribution in [0.2, 0.25) is 0 Å². The van der Waals surface area contributed by atoms with Crippen molar-refractivity contribution in [2.75, 3.05) is 6.54 Å². The maximum atomic E-state index is 4.38. The second kappa shape index (κ2) is 6.99. The molecule has 0 radical (unpaired) electrons. The fourth-order valence-electron chi connectivity index (χ4n) is 2.35. The van der Waals surface area contributed by atoms with Crippen LogP contribution in [-0.4, -0.2) is 21.3 Å². The van der Waals surface area contributed by atoms with Crippen LogP contribution < -0.4 is 5.32 Å². The van der Waals surface area contributed by atoms with Crippen molar-refractivity contribution in [1.29, 1.82) is 0 Å². The Labute approximate surface area is 128 Å². The molecular formula is C15H21BrN4. The lowest BCUT2D eigenvalue weighted by atomic mass is 10.0. The molecule has 108 valence electrons. The van der Waals surface area contributed by atoms with Crippen molar-refractivity contribution in [2.45, 2.75) is 39.8 Å². The van der Waals surface area contributed by atoms with Gasteiger partial charge in [0, 0.05) is 23.5 Å². The Hall–Kier alpha value is -1.20. The average Bonchev–Trinajstić information content (AvgIpc) is 2.85. The molecule has 1 unspecified atom stereocenters. The molecule has 1 atom stereocenters. The molecule has 4 nitrogen and oxygen atoms in total. The number of hydrogen-bond acceptors (Lipinski definition) is 3. The van der Waals surface area contributed by atoms with Crippen molar-refractivity contribution < 1.29 is 0 Å². The first-order valence-corrected chi connectivity index (χ1v) is 7.81. The van der Waals surface area contributed by atoms with E-state index in [-0.39, 0.29) is 6.04 Å². The minimum atomic E-state index is 0.240. The summed E-state index contributed by atoms with van der Waals surface area (Å²) in [6.45, 7) is 8.08. The highest BCUT2D eigenvalue weighted by atomic mass is 79.9. The van der Waals surface area contributed by atoms with E-state index in [0.717, 1.165) is 29.8 Å². The quantitative estimate of drug-likeness (QED) is 0.880. The maximum Gasteiger partial charge on any atom is 0.138 e. The zero-order valence-corrected chi connectivity index (χ0v) is 13.8. The predicted molar refractivity (Wildman–Crippen MR) is 84.7 cm³/mol. The van der Waals surface area contributed by atoms with Crippen molar-refractivity contribution in [3.05, 3.63) is 46.0 Å². The van der Waals surface area contributed by atoms with Gasteiger partial charge in [-0.3, -0.25) is 4.68 Å². The molecule has 0 spiro atoms. The van der Waals surface area contributed by atoms with Crippen LogP contribution in [0.3, 0.4) is 0 Å². The van der Waals surface area contributed by atoms with Gasteiger partial charge in [-0.1, -0.05) is 35.0 Å². The third kappa shape index (κ3) is 3.46. The topological polar surface area (TPSA) is 42.7 Å². The largest absolute Gasteiger partial charge is 0.310 e. The van der Waals surface area contributed by atoms with Gasteiger partial charge in [-0.05, 0) is 37.6 Å². The molecule has 2 aromatic rings. The summed E-state index contributed by atoms with van der Waals surface area (Å²) in [5.41, 5.74) is 2.52. The zero-order valence-electron chi connectivity index (χ0n) is 12.2. The molecule has 0 amide bonds. The van der Waals surface area contributed by atoms with E-state index in [0.29, 0.717) is 0 Å². The zero-order chi connectivity index (χ0) is 14.5. The Kier molecular flexibility index (Phi) is 5.31. The normalized spacial score (nSPS) is 12.6. The molecule has 1 aromatic carbocycles. The monoisotopic (exact) mass is 336 g/mol. The summed E-state index contributed by atoms with van der Waals surface area (Å²) in [4.78, 5) is 4.38. The van der Waals surface area contributed by atoms with Crippen molar-refractivity contribution in [3.8, 4) is 0 Å². The van der Waals surface area contributed by atoms with Gasteiger partial charge in [0.05, 0.1) is 0 Å². The third-order valence-electron chi connectivity index (χ3n) is 3.36. The second-order valence-electron chi connectivity index (χ2n) is 4.83. The molecule has 1 aromatic heterocycles. The average molecular weight is 337 g/mol. The Morgan fingerprint density at radius 2 is 2.15 bits per heavy atom. The molecular weight excluding hydrogens is 316 g/mol. The van der Waals surface area contributed by atoms with Crippen molar-refractivity contribution >= 4 is 15.9 Å². The smallest absolute Gasteiger partial charge is 0.138 e. The van der Waals surface area contributed by atoms with E-state index >= 15 is 0 Å². The number of nitrogens with zero attached hydrogens (tertiary/aromatic N) is 3. The lowest BCUT2D eigenvalue weighted by molar-refractivity contribution is 0.508. The summed E-state index contributed by atoms with van der Waals surface area (Å²) in [5.74, 6) is 1.02. The van der Waals surface area contributed by atoms with Crippen LogP contribution in [0, 0.1) is 6.92 Å². The van der Waals surface area contributed by atoms with Gasteiger partial charge >= 0.3 is 0 Å². The van der Waals surface area contributed by atoms with Gasteiger partial charge in [0.15, 0.2) is 0 Å². The van der Waals surface area contributed by atoms with Crippen LogP contribution in [0.15, 0.2) is 29.0 Å². The second-order valence-corrected chi connectivity index (χ2v) is 5.69. The van der Waals surface area contributed by atoms with Crippen LogP contribution in [0.25, 0.3) is 0 Å². The summed E-state index contributed by atoms with van der Waals surface area (Å²) in [6, 6.07) is 6.72. The SMILES string of the molecule is CCNC(Cc1ncnn1CC)c1ccc(C)cc1Br. The van der Waals surface area contributed by atoms with Crippen molar-refractivity contribution in [3.63, 3.8) is 0 Å². The first kappa shape index (κ1) is 15.2. The Morgan fingerprint density at radius 3 is 2.80 bits per heavy atom. The van der Waals surface area contributed by atoms with E-state index in [1.165, 1.54) is 11.1 Å². The molecule has 0 saturated carbocycles. The predicted octanol–water partition coefficient (Wildman–Crippen LogP) is 3.26. The highest BCUT2D eigenvalue weighted by Crippen LogP contribution is 2.26. The van der Waals surface area contributed by atoms with Gasteiger partial charge in [0.2, 0.25) is 0 Å². The first-order valence-electron chi connectivity index (χ1n) is 7.01. The van der Waals surface area contributed by atoms with E-state index in [4.69, 9.17) is 0 Å². The fraction of sp³-hybridized carbons (Fsp3) is 0.467. The summed E-state index contributed by atoms with van der Waals surface area (Å²) in [5, 5.41) is 7.78. The Balaban J connectivity index is 2.27. The Bertz CT molecular complexity index is 565. The van der Waals surface area contributed by atoms with Crippen molar-refractivity contribution in [1.82, 2.24) is 20.1 Å². The summed E-state index contributed by atoms with van der Waals surface area (Å²) >= 11 is 3.67. The molecule has 0 bridgehead atoms. The van der Waals surface area contributed by atoms with E-state index < -0.39 is 0 Å². The number of nitrogens with one attached hydrogen (secondary N) is 1. The van der Waals surface area contributed by atoms with Gasteiger partial charge in [0.25, 0.3) is 0 Å². The molecule has 1 N–H and O–H groups in total. The minimum Gasteiger partial charge on any atom is -0.310 e. The van der Waals surface area contributed by atoms with Crippen LogP contribution in [-0.2, 0) is 13.0 Å². The van der Waals surface area contributed by atoms with Crippen molar-refractivity contribution in [2.24, 2.45) is 0 Å². The lowest BCUT2D eigenvalue weighted by Gasteiger charge is -2.20. The first-order chi connectivity index (χ1) is 9.65. The van der Waals surface area contributed by atoms with Crippen LogP contribution in [0.1, 0.15) is 36.8 Å². The summed E-state index contributed by atoms with van der Waals surface area (Å²) < 4.78 is 3.10. The molecule has 20 heavy (non-hydrogen) atoms. The van der Waals surface area contributed by atoms with E-state index in [9.17, 15) is 0 Å². The van der Waals surface area contributed by atoms with Gasteiger partial charge < -0.3 is 5.32 Å². The van der Waals surface area contributed by atoms with E-state index in [1.807, 2.05) is 4.68 Å². The molecule has 0 aliphatic carbocycles. The number of halogens is 1. The highest BCUT2D eigenvalue weighted by molar-refractivity contribution is 9.10. The maximum absolute atomic E-state index is 4.38. The molecule has 0 fully saturated rings. The fourth-order valence-corrected chi connectivity index (χ4v) is 3.12. The standard InChI is InChI=1S/C15H21BrN4/c1-4-17-14(9-15-18-10-19-20(15)5-2)12-7-6-11(3)8-13(12)16/h6-8,10,14,17H,4-5,9H2,1-3H3. The number of aromatic nitrogens is 3. The number of likely N-dealkylation sites (N-methyl/N-ethyl adjacent to an activating group) is 1. The molecule has 0 saturated heterocycles. The Morgan fingerprint density at radius 1 is 1.35 bits per heavy atom. The molecule has 2 rings (SSSR count). The van der Waals surface area contributed by atoms with Crippen LogP contribution in [0.4, 0.5) is 0 Å². The number of hydrogen-bond donors (Lipinski definition) is 1. The summed E-state index contributed by atoms with van der Waals surface area (Å²) in [7, 11) is 0. The molecule has 0 aliphatic heterocycles. The summed E-state index contributed by atoms with van der Waals surface area (Å²) in [6.07, 6.45) is 2.47. The van der Waals surface area contributed by atoms with E-state index in [1.54, 1.807) is 6.33 Å². The molecule has 5 heteroatoms. The van der Waals surface area contributed by atoms with E-state index in [2.05, 4.69) is 70.3 Å². The van der Waals surface area contributed by atoms with Crippen LogP contribution >= 0.6 is 15.9 Å². The number of aryl methyl sites for hydroxylation is 2. The third-order valence-corrected chi connectivity index (χ3v) is 4.05. The van der Waals surface area contributed by atoms with Crippen LogP contribution in [0.5, 0.6) is 0 Å². The molecule has 0 aliphatic rings. The highest BCUT2D eigenvalue weighted by Gasteiger charge is 2.17.